The summed E-state index contributed by atoms with van der Waals surface area (Å²) >= 11 is 0. The molecule has 0 radical (unpaired) electrons. The summed E-state index contributed by atoms with van der Waals surface area (Å²) in [5.74, 6) is 1.81. The molecule has 134 valence electrons. The van der Waals surface area contributed by atoms with Crippen LogP contribution in [0.15, 0.2) is 39.3 Å². The van der Waals surface area contributed by atoms with Gasteiger partial charge in [-0.2, -0.15) is 4.98 Å². The summed E-state index contributed by atoms with van der Waals surface area (Å²) in [4.78, 5) is 19.2. The molecule has 2 aliphatic heterocycles. The number of rotatable bonds is 3. The number of ether oxygens (including phenoxy) is 1. The first-order valence-electron chi connectivity index (χ1n) is 8.78. The van der Waals surface area contributed by atoms with E-state index in [1.165, 1.54) is 0 Å². The van der Waals surface area contributed by atoms with Gasteiger partial charge in [-0.05, 0) is 19.1 Å². The Morgan fingerprint density at radius 3 is 3.08 bits per heavy atom. The fourth-order valence-electron chi connectivity index (χ4n) is 4.19. The first-order chi connectivity index (χ1) is 12.6. The minimum Gasteiger partial charge on any atom is -0.451 e. The minimum absolute atomic E-state index is 0.0725. The van der Waals surface area contributed by atoms with Crippen molar-refractivity contribution in [3.8, 4) is 0 Å². The van der Waals surface area contributed by atoms with Gasteiger partial charge < -0.3 is 18.6 Å². The Kier molecular flexibility index (Phi) is 3.40. The molecule has 2 atom stereocenters. The second-order valence-electron chi connectivity index (χ2n) is 7.32. The van der Waals surface area contributed by atoms with E-state index in [1.54, 1.807) is 6.92 Å². The van der Waals surface area contributed by atoms with Crippen LogP contribution in [0.1, 0.15) is 22.3 Å². The van der Waals surface area contributed by atoms with Crippen molar-refractivity contribution in [2.24, 2.45) is 11.3 Å². The van der Waals surface area contributed by atoms with Gasteiger partial charge in [-0.3, -0.25) is 4.79 Å². The maximum Gasteiger partial charge on any atom is 0.289 e. The Bertz CT molecular complexity index is 945. The van der Waals surface area contributed by atoms with E-state index in [9.17, 15) is 4.79 Å². The number of hydrogen-bond donors (Lipinski definition) is 0. The molecular formula is C19H19N3O4. The molecule has 3 aromatic rings. The van der Waals surface area contributed by atoms with Crippen LogP contribution in [0, 0.1) is 18.3 Å². The molecule has 7 heteroatoms. The van der Waals surface area contributed by atoms with Crippen molar-refractivity contribution >= 4 is 16.9 Å². The Labute approximate surface area is 149 Å². The molecule has 26 heavy (non-hydrogen) atoms. The number of hydrogen-bond acceptors (Lipinski definition) is 6. The van der Waals surface area contributed by atoms with E-state index in [0.717, 1.165) is 11.0 Å². The van der Waals surface area contributed by atoms with E-state index in [-0.39, 0.29) is 17.2 Å². The van der Waals surface area contributed by atoms with Gasteiger partial charge in [0.25, 0.3) is 5.91 Å². The number of likely N-dealkylation sites (tertiary alicyclic amines) is 1. The highest BCUT2D eigenvalue weighted by molar-refractivity contribution is 5.96. The third-order valence-corrected chi connectivity index (χ3v) is 5.52. The Morgan fingerprint density at radius 1 is 1.38 bits per heavy atom. The zero-order valence-corrected chi connectivity index (χ0v) is 14.5. The number of carbonyl (C=O) groups excluding carboxylic acids is 1. The molecule has 2 fully saturated rings. The lowest BCUT2D eigenvalue weighted by atomic mass is 9.78. The normalized spacial score (nSPS) is 25.1. The van der Waals surface area contributed by atoms with Crippen LogP contribution >= 0.6 is 0 Å². The molecule has 2 aliphatic rings. The molecule has 4 heterocycles. The quantitative estimate of drug-likeness (QED) is 0.719. The fraction of sp³-hybridized carbons (Fsp3) is 0.421. The maximum absolute atomic E-state index is 13.0. The van der Waals surface area contributed by atoms with Gasteiger partial charge in [-0.1, -0.05) is 23.4 Å². The van der Waals surface area contributed by atoms with E-state index in [2.05, 4.69) is 10.1 Å². The number of aromatic nitrogens is 2. The molecule has 7 nitrogen and oxygen atoms in total. The summed E-state index contributed by atoms with van der Waals surface area (Å²) in [6.07, 6.45) is 0.627. The first-order valence-corrected chi connectivity index (χ1v) is 8.78. The predicted molar refractivity (Wildman–Crippen MR) is 91.6 cm³/mol. The number of benzene rings is 1. The summed E-state index contributed by atoms with van der Waals surface area (Å²) < 4.78 is 16.8. The molecule has 1 amide bonds. The van der Waals surface area contributed by atoms with E-state index >= 15 is 0 Å². The highest BCUT2D eigenvalue weighted by Gasteiger charge is 2.53. The molecule has 5 rings (SSSR count). The Hall–Kier alpha value is -2.67. The van der Waals surface area contributed by atoms with Crippen molar-refractivity contribution in [3.63, 3.8) is 0 Å². The number of para-hydroxylation sites is 1. The van der Waals surface area contributed by atoms with Gasteiger partial charge in [-0.15, -0.1) is 0 Å². The fourth-order valence-corrected chi connectivity index (χ4v) is 4.19. The van der Waals surface area contributed by atoms with Gasteiger partial charge in [0, 0.05) is 36.2 Å². The summed E-state index contributed by atoms with van der Waals surface area (Å²) in [6.45, 7) is 4.32. The van der Waals surface area contributed by atoms with Crippen LogP contribution in [-0.2, 0) is 11.2 Å². The van der Waals surface area contributed by atoms with Gasteiger partial charge in [-0.25, -0.2) is 0 Å². The molecule has 2 aromatic heterocycles. The van der Waals surface area contributed by atoms with Crippen LogP contribution < -0.4 is 0 Å². The van der Waals surface area contributed by atoms with Crippen LogP contribution in [0.2, 0.25) is 0 Å². The smallest absolute Gasteiger partial charge is 0.289 e. The van der Waals surface area contributed by atoms with Crippen LogP contribution in [0.5, 0.6) is 0 Å². The molecule has 0 aliphatic carbocycles. The lowest BCUT2D eigenvalue weighted by molar-refractivity contribution is 0.0686. The second kappa shape index (κ2) is 5.67. The minimum atomic E-state index is -0.166. The van der Waals surface area contributed by atoms with Gasteiger partial charge in [0.2, 0.25) is 5.89 Å². The van der Waals surface area contributed by atoms with Crippen molar-refractivity contribution in [3.05, 3.63) is 47.8 Å². The van der Waals surface area contributed by atoms with Crippen molar-refractivity contribution in [1.82, 2.24) is 15.0 Å². The average Bonchev–Trinajstić information content (AvgIpc) is 3.36. The Morgan fingerprint density at radius 2 is 2.27 bits per heavy atom. The number of aryl methyl sites for hydroxylation is 1. The zero-order valence-electron chi connectivity index (χ0n) is 14.5. The highest BCUT2D eigenvalue weighted by atomic mass is 16.5. The third-order valence-electron chi connectivity index (χ3n) is 5.52. The van der Waals surface area contributed by atoms with Gasteiger partial charge in [0.1, 0.15) is 5.58 Å². The molecular weight excluding hydrogens is 334 g/mol. The van der Waals surface area contributed by atoms with Crippen LogP contribution in [0.4, 0.5) is 0 Å². The van der Waals surface area contributed by atoms with E-state index in [0.29, 0.717) is 50.2 Å². The highest BCUT2D eigenvalue weighted by Crippen LogP contribution is 2.44. The van der Waals surface area contributed by atoms with E-state index < -0.39 is 0 Å². The summed E-state index contributed by atoms with van der Waals surface area (Å²) in [7, 11) is 0. The topological polar surface area (TPSA) is 81.6 Å². The van der Waals surface area contributed by atoms with Crippen molar-refractivity contribution < 1.29 is 18.5 Å². The number of carbonyl (C=O) groups is 1. The SMILES string of the molecule is Cc1noc(C[C@@]23COC[C@@H]2CN(C(=O)c2cc4ccccc4o2)C3)n1. The summed E-state index contributed by atoms with van der Waals surface area (Å²) in [5.41, 5.74) is 0.565. The average molecular weight is 353 g/mol. The third kappa shape index (κ3) is 2.42. The number of furan rings is 1. The molecule has 1 aromatic carbocycles. The van der Waals surface area contributed by atoms with Gasteiger partial charge >= 0.3 is 0 Å². The summed E-state index contributed by atoms with van der Waals surface area (Å²) in [5, 5.41) is 4.81. The molecule has 0 bridgehead atoms. The van der Waals surface area contributed by atoms with Crippen LogP contribution in [0.25, 0.3) is 11.0 Å². The number of fused-ring (bicyclic) bond motifs is 2. The van der Waals surface area contributed by atoms with Crippen molar-refractivity contribution in [1.29, 1.82) is 0 Å². The van der Waals surface area contributed by atoms with E-state index in [4.69, 9.17) is 13.7 Å². The standard InChI is InChI=1S/C19H19N3O4/c1-12-20-17(26-21-12)7-19-10-22(8-14(19)9-24-11-19)18(23)16-6-13-4-2-3-5-15(13)25-16/h2-6,14H,7-11H2,1H3/t14-,19+/m0/s1. The molecule has 0 N–H and O–H groups in total. The van der Waals surface area contributed by atoms with Crippen molar-refractivity contribution in [2.45, 2.75) is 13.3 Å². The molecule has 2 saturated heterocycles. The Balaban J connectivity index is 1.40. The molecule has 0 unspecified atom stereocenters. The van der Waals surface area contributed by atoms with Crippen LogP contribution in [0.3, 0.4) is 0 Å². The second-order valence-corrected chi connectivity index (χ2v) is 7.32. The maximum atomic E-state index is 13.0. The zero-order chi connectivity index (χ0) is 17.7. The lowest BCUT2D eigenvalue weighted by Gasteiger charge is -2.25. The lowest BCUT2D eigenvalue weighted by Crippen LogP contribution is -2.35. The van der Waals surface area contributed by atoms with Crippen molar-refractivity contribution in [2.75, 3.05) is 26.3 Å². The predicted octanol–water partition coefficient (Wildman–Crippen LogP) is 2.46. The first kappa shape index (κ1) is 15.6. The molecule has 0 saturated carbocycles. The van der Waals surface area contributed by atoms with Crippen LogP contribution in [-0.4, -0.2) is 47.3 Å². The van der Waals surface area contributed by atoms with Gasteiger partial charge in [0.05, 0.1) is 13.2 Å². The van der Waals surface area contributed by atoms with Gasteiger partial charge in [0.15, 0.2) is 11.6 Å². The monoisotopic (exact) mass is 353 g/mol. The number of amides is 1. The molecule has 0 spiro atoms. The van der Waals surface area contributed by atoms with E-state index in [1.807, 2.05) is 35.2 Å². The summed E-state index contributed by atoms with van der Waals surface area (Å²) in [6, 6.07) is 9.47. The number of nitrogens with zero attached hydrogens (tertiary/aromatic N) is 3. The largest absolute Gasteiger partial charge is 0.451 e.